The molecule has 0 unspecified atom stereocenters. The molecule has 3 aromatic rings. The first-order chi connectivity index (χ1) is 8.83. The molecule has 1 aliphatic rings. The summed E-state index contributed by atoms with van der Waals surface area (Å²) in [5.41, 5.74) is 4.82. The molecule has 0 saturated heterocycles. The van der Waals surface area contributed by atoms with Crippen LogP contribution in [0.1, 0.15) is 5.56 Å². The Bertz CT molecular complexity index is 761. The monoisotopic (exact) mass is 315 g/mol. The quantitative estimate of drug-likeness (QED) is 0.504. The van der Waals surface area contributed by atoms with E-state index in [1.54, 1.807) is 0 Å². The van der Waals surface area contributed by atoms with E-state index < -0.39 is 0 Å². The Balaban J connectivity index is 0.00000110. The van der Waals surface area contributed by atoms with E-state index >= 15 is 0 Å². The van der Waals surface area contributed by atoms with Gasteiger partial charge in [-0.3, -0.25) is 0 Å². The van der Waals surface area contributed by atoms with Gasteiger partial charge < -0.3 is 21.5 Å². The number of aromatic nitrogens is 3. The highest BCUT2D eigenvalue weighted by molar-refractivity contribution is 5.79. The van der Waals surface area contributed by atoms with Crippen LogP contribution < -0.4 is 21.5 Å². The molecule has 1 aliphatic heterocycles. The van der Waals surface area contributed by atoms with E-state index in [1.165, 1.54) is 16.8 Å². The summed E-state index contributed by atoms with van der Waals surface area (Å²) in [6.07, 6.45) is 2.16. The molecule has 19 heavy (non-hydrogen) atoms. The van der Waals surface area contributed by atoms with Crippen LogP contribution in [0, 0.1) is 6.92 Å². The third kappa shape index (κ3) is 1.78. The van der Waals surface area contributed by atoms with E-state index in [4.69, 9.17) is 4.98 Å². The van der Waals surface area contributed by atoms with Crippen molar-refractivity contribution >= 4 is 11.0 Å². The first-order valence-electron chi connectivity index (χ1n) is 6.29. The molecule has 4 heteroatoms. The van der Waals surface area contributed by atoms with Gasteiger partial charge in [-0.15, -0.1) is 0 Å². The fourth-order valence-electron chi connectivity index (χ4n) is 2.73. The Morgan fingerprint density at radius 1 is 1.21 bits per heavy atom. The Morgan fingerprint density at radius 3 is 2.95 bits per heavy atom. The highest BCUT2D eigenvalue weighted by atomic mass is 79.9. The molecule has 0 spiro atoms. The van der Waals surface area contributed by atoms with Crippen molar-refractivity contribution in [1.29, 1.82) is 0 Å². The van der Waals surface area contributed by atoms with Gasteiger partial charge >= 0.3 is 0 Å². The molecule has 0 amide bonds. The van der Waals surface area contributed by atoms with E-state index in [0.29, 0.717) is 0 Å². The fourth-order valence-corrected chi connectivity index (χ4v) is 2.73. The van der Waals surface area contributed by atoms with Gasteiger partial charge in [0.2, 0.25) is 11.5 Å². The number of halogens is 1. The van der Waals surface area contributed by atoms with Crippen LogP contribution in [0.3, 0.4) is 0 Å². The number of nitrogens with zero attached hydrogens (tertiary/aromatic N) is 3. The molecule has 0 aliphatic carbocycles. The second-order valence-corrected chi connectivity index (χ2v) is 4.86. The molecule has 1 aromatic carbocycles. The Labute approximate surface area is 122 Å². The number of imidazole rings is 1. The van der Waals surface area contributed by atoms with Crippen LogP contribution in [-0.4, -0.2) is 9.55 Å². The van der Waals surface area contributed by atoms with Gasteiger partial charge in [0.1, 0.15) is 0 Å². The molecule has 0 bridgehead atoms. The maximum atomic E-state index is 4.78. The second kappa shape index (κ2) is 4.46. The summed E-state index contributed by atoms with van der Waals surface area (Å²) in [6, 6.07) is 12.7. The average Bonchev–Trinajstić information content (AvgIpc) is 2.78. The number of benzene rings is 1. The molecule has 0 radical (unpaired) electrons. The van der Waals surface area contributed by atoms with Gasteiger partial charge in [-0.25, -0.2) is 4.98 Å². The van der Waals surface area contributed by atoms with E-state index in [-0.39, 0.29) is 17.0 Å². The standard InChI is InChI=1S/C15H14N3.BrH/c1-11-6-7-17-8-9-18-13-5-3-2-4-12(13)16-15(18)14(17)10-11;/h2-7,10H,8-9H2,1H3;1H/q+1;/p-1. The smallest absolute Gasteiger partial charge is 0.248 e. The second-order valence-electron chi connectivity index (χ2n) is 4.86. The maximum Gasteiger partial charge on any atom is 0.248 e. The number of pyridine rings is 1. The van der Waals surface area contributed by atoms with Crippen molar-refractivity contribution in [3.8, 4) is 11.5 Å². The molecule has 0 N–H and O–H groups in total. The zero-order valence-corrected chi connectivity index (χ0v) is 12.3. The maximum absolute atomic E-state index is 4.78. The molecule has 3 nitrogen and oxygen atoms in total. The Hall–Kier alpha value is -1.68. The van der Waals surface area contributed by atoms with E-state index in [9.17, 15) is 0 Å². The highest BCUT2D eigenvalue weighted by Gasteiger charge is 2.25. The highest BCUT2D eigenvalue weighted by Crippen LogP contribution is 2.25. The lowest BCUT2D eigenvalue weighted by Gasteiger charge is -2.13. The molecular weight excluding hydrogens is 302 g/mol. The van der Waals surface area contributed by atoms with Crippen molar-refractivity contribution in [3.63, 3.8) is 0 Å². The molecule has 0 fully saturated rings. The van der Waals surface area contributed by atoms with Gasteiger partial charge in [0.25, 0.3) is 0 Å². The lowest BCUT2D eigenvalue weighted by molar-refractivity contribution is -0.690. The van der Waals surface area contributed by atoms with Gasteiger partial charge in [0.15, 0.2) is 12.7 Å². The first-order valence-corrected chi connectivity index (χ1v) is 6.29. The summed E-state index contributed by atoms with van der Waals surface area (Å²) < 4.78 is 4.61. The summed E-state index contributed by atoms with van der Waals surface area (Å²) in [5, 5.41) is 0. The summed E-state index contributed by atoms with van der Waals surface area (Å²) in [5.74, 6) is 1.09. The third-order valence-corrected chi connectivity index (χ3v) is 3.64. The van der Waals surface area contributed by atoms with Crippen LogP contribution in [0.25, 0.3) is 22.6 Å². The summed E-state index contributed by atoms with van der Waals surface area (Å²) in [4.78, 5) is 4.78. The van der Waals surface area contributed by atoms with Crippen LogP contribution in [0.2, 0.25) is 0 Å². The third-order valence-electron chi connectivity index (χ3n) is 3.64. The number of hydrogen-bond donors (Lipinski definition) is 0. The van der Waals surface area contributed by atoms with Crippen molar-refractivity contribution in [2.75, 3.05) is 0 Å². The van der Waals surface area contributed by atoms with Gasteiger partial charge in [-0.05, 0) is 24.6 Å². The molecule has 4 rings (SSSR count). The molecule has 3 heterocycles. The molecule has 96 valence electrons. The van der Waals surface area contributed by atoms with Crippen molar-refractivity contribution in [2.45, 2.75) is 20.0 Å². The zero-order chi connectivity index (χ0) is 12.1. The summed E-state index contributed by atoms with van der Waals surface area (Å²) >= 11 is 0. The van der Waals surface area contributed by atoms with Gasteiger partial charge in [0, 0.05) is 12.1 Å². The topological polar surface area (TPSA) is 21.7 Å². The predicted octanol–water partition coefficient (Wildman–Crippen LogP) is -0.683. The summed E-state index contributed by atoms with van der Waals surface area (Å²) in [7, 11) is 0. The minimum absolute atomic E-state index is 0. The largest absolute Gasteiger partial charge is 1.00 e. The van der Waals surface area contributed by atoms with E-state index in [1.807, 2.05) is 6.07 Å². The van der Waals surface area contributed by atoms with Crippen LogP contribution in [0.15, 0.2) is 42.6 Å². The first kappa shape index (κ1) is 12.4. The lowest BCUT2D eigenvalue weighted by Crippen LogP contribution is -3.00. The minimum Gasteiger partial charge on any atom is -1.00 e. The van der Waals surface area contributed by atoms with Gasteiger partial charge in [0.05, 0.1) is 17.6 Å². The normalized spacial score (nSPS) is 12.7. The molecule has 2 aromatic heterocycles. The van der Waals surface area contributed by atoms with Gasteiger partial charge in [-0.1, -0.05) is 12.1 Å². The van der Waals surface area contributed by atoms with Crippen LogP contribution in [-0.2, 0) is 13.1 Å². The molecule has 0 atom stereocenters. The van der Waals surface area contributed by atoms with Crippen molar-refractivity contribution < 1.29 is 21.5 Å². The van der Waals surface area contributed by atoms with E-state index in [0.717, 1.165) is 24.4 Å². The number of aryl methyl sites for hydroxylation is 3. The van der Waals surface area contributed by atoms with Crippen molar-refractivity contribution in [1.82, 2.24) is 9.55 Å². The number of para-hydroxylation sites is 2. The van der Waals surface area contributed by atoms with Crippen molar-refractivity contribution in [2.24, 2.45) is 0 Å². The van der Waals surface area contributed by atoms with Crippen molar-refractivity contribution in [3.05, 3.63) is 48.2 Å². The van der Waals surface area contributed by atoms with Gasteiger partial charge in [-0.2, -0.15) is 4.57 Å². The minimum atomic E-state index is 0. The fraction of sp³-hybridized carbons (Fsp3) is 0.200. The number of fused-ring (bicyclic) bond motifs is 5. The Kier molecular flexibility index (Phi) is 2.90. The zero-order valence-electron chi connectivity index (χ0n) is 10.7. The summed E-state index contributed by atoms with van der Waals surface area (Å²) in [6.45, 7) is 4.14. The predicted molar refractivity (Wildman–Crippen MR) is 70.1 cm³/mol. The van der Waals surface area contributed by atoms with Crippen LogP contribution >= 0.6 is 0 Å². The number of rotatable bonds is 0. The Morgan fingerprint density at radius 2 is 2.05 bits per heavy atom. The van der Waals surface area contributed by atoms with Crippen LogP contribution in [0.5, 0.6) is 0 Å². The van der Waals surface area contributed by atoms with E-state index in [2.05, 4.69) is 52.6 Å². The SMILES string of the molecule is Cc1cc[n+]2c(c1)-c1nc3ccccc3n1CC2.[Br-]. The average molecular weight is 316 g/mol. The van der Waals surface area contributed by atoms with Crippen LogP contribution in [0.4, 0.5) is 0 Å². The molecule has 0 saturated carbocycles. The lowest BCUT2D eigenvalue weighted by atomic mass is 10.2. The number of hydrogen-bond acceptors (Lipinski definition) is 1. The molecular formula is C15H14BrN3.